The second-order valence-electron chi connectivity index (χ2n) is 8.05. The first-order chi connectivity index (χ1) is 16.3. The summed E-state index contributed by atoms with van der Waals surface area (Å²) in [5, 5.41) is 0. The van der Waals surface area contributed by atoms with Gasteiger partial charge in [-0.15, -0.1) is 0 Å². The Morgan fingerprint density at radius 2 is 0.970 bits per heavy atom. The fourth-order valence-electron chi connectivity index (χ4n) is 4.20. The van der Waals surface area contributed by atoms with Crippen molar-refractivity contribution < 1.29 is 9.30 Å². The van der Waals surface area contributed by atoms with Crippen LogP contribution < -0.4 is 9.30 Å². The molecule has 4 aromatic carbocycles. The first kappa shape index (κ1) is 20.7. The normalized spacial score (nSPS) is 10.7. The van der Waals surface area contributed by atoms with Crippen LogP contribution in [0, 0.1) is 0 Å². The van der Waals surface area contributed by atoms with E-state index in [0.717, 1.165) is 12.3 Å². The largest absolute Gasteiger partial charge is 0.497 e. The number of hydrogen-bond acceptors (Lipinski definition) is 1. The van der Waals surface area contributed by atoms with Crippen LogP contribution in [0.3, 0.4) is 0 Å². The zero-order valence-electron chi connectivity index (χ0n) is 18.7. The van der Waals surface area contributed by atoms with E-state index < -0.39 is 0 Å². The lowest BCUT2D eigenvalue weighted by atomic mass is 9.98. The maximum Gasteiger partial charge on any atom is 0.213 e. The summed E-state index contributed by atoms with van der Waals surface area (Å²) in [6.07, 6.45) is 0. The van der Waals surface area contributed by atoms with Gasteiger partial charge in [-0.2, -0.15) is 4.57 Å². The molecule has 0 saturated heterocycles. The number of ether oxygens (including phenoxy) is 1. The maximum atomic E-state index is 5.36. The molecule has 0 aliphatic carbocycles. The van der Waals surface area contributed by atoms with Crippen molar-refractivity contribution in [2.75, 3.05) is 7.11 Å². The standard InChI is InChI=1S/C31H26NO/c1-33-29-19-17-24(18-20-29)23-32-30(26-13-7-3-8-14-26)21-28(25-11-5-2-6-12-25)22-31(32)27-15-9-4-10-16-27/h2-22H,23H2,1H3/q+1. The van der Waals surface area contributed by atoms with Gasteiger partial charge in [0.2, 0.25) is 11.4 Å². The van der Waals surface area contributed by atoms with E-state index in [-0.39, 0.29) is 0 Å². The third-order valence-corrected chi connectivity index (χ3v) is 5.91. The van der Waals surface area contributed by atoms with Gasteiger partial charge >= 0.3 is 0 Å². The fourth-order valence-corrected chi connectivity index (χ4v) is 4.20. The molecule has 0 aliphatic rings. The minimum Gasteiger partial charge on any atom is -0.497 e. The Kier molecular flexibility index (Phi) is 5.99. The van der Waals surface area contributed by atoms with Gasteiger partial charge < -0.3 is 4.74 Å². The van der Waals surface area contributed by atoms with Crippen molar-refractivity contribution in [1.82, 2.24) is 0 Å². The van der Waals surface area contributed by atoms with Crippen LogP contribution in [-0.2, 0) is 6.54 Å². The van der Waals surface area contributed by atoms with E-state index in [0.29, 0.717) is 0 Å². The molecule has 2 heteroatoms. The van der Waals surface area contributed by atoms with Crippen LogP contribution >= 0.6 is 0 Å². The van der Waals surface area contributed by atoms with E-state index in [2.05, 4.69) is 120 Å². The van der Waals surface area contributed by atoms with Crippen molar-refractivity contribution in [2.24, 2.45) is 0 Å². The van der Waals surface area contributed by atoms with Gasteiger partial charge in [-0.05, 0) is 59.7 Å². The Morgan fingerprint density at radius 3 is 1.42 bits per heavy atom. The highest BCUT2D eigenvalue weighted by atomic mass is 16.5. The van der Waals surface area contributed by atoms with E-state index >= 15 is 0 Å². The van der Waals surface area contributed by atoms with Gasteiger partial charge in [0.15, 0.2) is 6.54 Å². The maximum absolute atomic E-state index is 5.36. The molecular formula is C31H26NO+. The van der Waals surface area contributed by atoms with Crippen LogP contribution in [0.4, 0.5) is 0 Å². The average molecular weight is 429 g/mol. The molecule has 160 valence electrons. The van der Waals surface area contributed by atoms with Crippen LogP contribution in [0.25, 0.3) is 33.6 Å². The number of nitrogens with zero attached hydrogens (tertiary/aromatic N) is 1. The molecule has 0 amide bonds. The lowest BCUT2D eigenvalue weighted by molar-refractivity contribution is -0.666. The minimum absolute atomic E-state index is 0.757. The number of rotatable bonds is 6. The number of hydrogen-bond donors (Lipinski definition) is 0. The monoisotopic (exact) mass is 428 g/mol. The molecule has 33 heavy (non-hydrogen) atoms. The third kappa shape index (κ3) is 4.56. The van der Waals surface area contributed by atoms with Crippen LogP contribution in [0.15, 0.2) is 127 Å². The highest BCUT2D eigenvalue weighted by Gasteiger charge is 2.23. The van der Waals surface area contributed by atoms with Gasteiger partial charge in [-0.25, -0.2) is 0 Å². The molecular weight excluding hydrogens is 402 g/mol. The topological polar surface area (TPSA) is 13.1 Å². The predicted molar refractivity (Wildman–Crippen MR) is 135 cm³/mol. The summed E-state index contributed by atoms with van der Waals surface area (Å²) < 4.78 is 7.78. The summed E-state index contributed by atoms with van der Waals surface area (Å²) in [4.78, 5) is 0. The fraction of sp³-hybridized carbons (Fsp3) is 0.0645. The quantitative estimate of drug-likeness (QED) is 0.265. The average Bonchev–Trinajstić information content (AvgIpc) is 2.90. The summed E-state index contributed by atoms with van der Waals surface area (Å²) in [6, 6.07) is 44.8. The number of methoxy groups -OCH3 is 1. The Balaban J connectivity index is 1.75. The van der Waals surface area contributed by atoms with E-state index in [1.807, 2.05) is 12.1 Å². The van der Waals surface area contributed by atoms with Crippen molar-refractivity contribution >= 4 is 0 Å². The molecule has 0 fully saturated rings. The first-order valence-electron chi connectivity index (χ1n) is 11.2. The van der Waals surface area contributed by atoms with Gasteiger partial charge in [0, 0.05) is 28.8 Å². The molecule has 0 radical (unpaired) electrons. The Labute approximate surface area is 195 Å². The van der Waals surface area contributed by atoms with Crippen LogP contribution in [0.5, 0.6) is 5.75 Å². The number of aromatic nitrogens is 1. The lowest BCUT2D eigenvalue weighted by Gasteiger charge is -2.13. The van der Waals surface area contributed by atoms with E-state index in [1.165, 1.54) is 39.2 Å². The third-order valence-electron chi connectivity index (χ3n) is 5.91. The smallest absolute Gasteiger partial charge is 0.213 e. The highest BCUT2D eigenvalue weighted by Crippen LogP contribution is 2.29. The summed E-state index contributed by atoms with van der Waals surface area (Å²) >= 11 is 0. The van der Waals surface area contributed by atoms with Crippen LogP contribution in [0.2, 0.25) is 0 Å². The minimum atomic E-state index is 0.757. The molecule has 2 nitrogen and oxygen atoms in total. The second kappa shape index (κ2) is 9.54. The Morgan fingerprint density at radius 1 is 0.515 bits per heavy atom. The highest BCUT2D eigenvalue weighted by molar-refractivity contribution is 5.73. The molecule has 5 aromatic rings. The summed E-state index contributed by atoms with van der Waals surface area (Å²) in [5.74, 6) is 0.870. The molecule has 0 N–H and O–H groups in total. The molecule has 1 aromatic heterocycles. The molecule has 0 saturated carbocycles. The first-order valence-corrected chi connectivity index (χ1v) is 11.2. The number of benzene rings is 4. The Bertz CT molecular complexity index is 1270. The van der Waals surface area contributed by atoms with Crippen molar-refractivity contribution in [1.29, 1.82) is 0 Å². The van der Waals surface area contributed by atoms with Crippen LogP contribution in [0.1, 0.15) is 5.56 Å². The van der Waals surface area contributed by atoms with Gasteiger partial charge in [-0.1, -0.05) is 66.7 Å². The summed E-state index contributed by atoms with van der Waals surface area (Å²) in [6.45, 7) is 0.757. The summed E-state index contributed by atoms with van der Waals surface area (Å²) in [7, 11) is 1.70. The lowest BCUT2D eigenvalue weighted by Crippen LogP contribution is -2.39. The second-order valence-corrected chi connectivity index (χ2v) is 8.05. The van der Waals surface area contributed by atoms with Crippen molar-refractivity contribution in [2.45, 2.75) is 6.54 Å². The molecule has 0 bridgehead atoms. The van der Waals surface area contributed by atoms with Crippen LogP contribution in [-0.4, -0.2) is 7.11 Å². The molecule has 5 rings (SSSR count). The summed E-state index contributed by atoms with van der Waals surface area (Å²) in [5.41, 5.74) is 8.41. The molecule has 0 aliphatic heterocycles. The molecule has 0 atom stereocenters. The Hall–Kier alpha value is -4.17. The van der Waals surface area contributed by atoms with Crippen molar-refractivity contribution in [3.05, 3.63) is 133 Å². The number of pyridine rings is 1. The van der Waals surface area contributed by atoms with Gasteiger partial charge in [0.1, 0.15) is 5.75 Å². The predicted octanol–water partition coefficient (Wildman–Crippen LogP) is 7.03. The van der Waals surface area contributed by atoms with E-state index in [1.54, 1.807) is 7.11 Å². The molecule has 1 heterocycles. The van der Waals surface area contributed by atoms with Crippen molar-refractivity contribution in [3.63, 3.8) is 0 Å². The van der Waals surface area contributed by atoms with Crippen molar-refractivity contribution in [3.8, 4) is 39.4 Å². The molecule has 0 unspecified atom stereocenters. The van der Waals surface area contributed by atoms with E-state index in [9.17, 15) is 0 Å². The van der Waals surface area contributed by atoms with Gasteiger partial charge in [0.05, 0.1) is 7.11 Å². The molecule has 0 spiro atoms. The zero-order valence-corrected chi connectivity index (χ0v) is 18.7. The van der Waals surface area contributed by atoms with Gasteiger partial charge in [-0.3, -0.25) is 0 Å². The zero-order chi connectivity index (χ0) is 22.5. The van der Waals surface area contributed by atoms with E-state index in [4.69, 9.17) is 4.74 Å². The SMILES string of the molecule is COc1ccc(C[n+]2c(-c3ccccc3)cc(-c3ccccc3)cc2-c2ccccc2)cc1. The van der Waals surface area contributed by atoms with Gasteiger partial charge in [0.25, 0.3) is 0 Å².